The summed E-state index contributed by atoms with van der Waals surface area (Å²) in [6.07, 6.45) is -3.69. The highest BCUT2D eigenvalue weighted by Crippen LogP contribution is 2.23. The third-order valence-electron chi connectivity index (χ3n) is 2.87. The number of hydrogen-bond donors (Lipinski definition) is 0. The van der Waals surface area contributed by atoms with Crippen LogP contribution in [0.4, 0.5) is 13.2 Å². The highest BCUT2D eigenvalue weighted by molar-refractivity contribution is 5.97. The lowest BCUT2D eigenvalue weighted by atomic mass is 10.1. The Morgan fingerprint density at radius 3 is 2.40 bits per heavy atom. The second kappa shape index (κ2) is 5.52. The zero-order valence-corrected chi connectivity index (χ0v) is 10.4. The van der Waals surface area contributed by atoms with Crippen LogP contribution in [0.15, 0.2) is 24.3 Å². The van der Waals surface area contributed by atoms with E-state index < -0.39 is 6.36 Å². The molecule has 0 unspecified atom stereocenters. The number of hydrogen-bond acceptors (Lipinski definition) is 3. The van der Waals surface area contributed by atoms with Crippen LogP contribution in [0.3, 0.4) is 0 Å². The molecule has 1 saturated heterocycles. The maximum Gasteiger partial charge on any atom is 0.573 e. The minimum Gasteiger partial charge on any atom is -0.406 e. The van der Waals surface area contributed by atoms with Gasteiger partial charge in [0.2, 0.25) is 0 Å². The van der Waals surface area contributed by atoms with Crippen LogP contribution in [0.5, 0.6) is 5.75 Å². The largest absolute Gasteiger partial charge is 0.573 e. The molecule has 7 heteroatoms. The Morgan fingerprint density at radius 1 is 1.20 bits per heavy atom. The molecule has 1 heterocycles. The number of benzene rings is 1. The van der Waals surface area contributed by atoms with E-state index in [4.69, 9.17) is 0 Å². The van der Waals surface area contributed by atoms with Gasteiger partial charge in [0, 0.05) is 18.5 Å². The molecular formula is C13H12F3NO3. The third kappa shape index (κ3) is 3.72. The predicted octanol–water partition coefficient (Wildman–Crippen LogP) is 2.39. The first-order chi connectivity index (χ1) is 9.35. The van der Waals surface area contributed by atoms with Crippen molar-refractivity contribution in [2.75, 3.05) is 13.1 Å². The first kappa shape index (κ1) is 14.4. The normalized spacial score (nSPS) is 16.1. The van der Waals surface area contributed by atoms with Gasteiger partial charge in [0.05, 0.1) is 6.54 Å². The molecule has 20 heavy (non-hydrogen) atoms. The van der Waals surface area contributed by atoms with E-state index >= 15 is 0 Å². The Bertz CT molecular complexity index is 511. The van der Waals surface area contributed by atoms with Crippen LogP contribution in [-0.4, -0.2) is 36.0 Å². The van der Waals surface area contributed by atoms with Crippen LogP contribution < -0.4 is 4.74 Å². The zero-order chi connectivity index (χ0) is 14.8. The van der Waals surface area contributed by atoms with E-state index in [-0.39, 0.29) is 29.5 Å². The maximum absolute atomic E-state index is 12.1. The van der Waals surface area contributed by atoms with E-state index in [9.17, 15) is 22.8 Å². The molecule has 1 aromatic carbocycles. The summed E-state index contributed by atoms with van der Waals surface area (Å²) in [7, 11) is 0. The maximum atomic E-state index is 12.1. The molecule has 2 rings (SSSR count). The average Bonchev–Trinajstić information content (AvgIpc) is 2.37. The highest BCUT2D eigenvalue weighted by Gasteiger charge is 2.31. The second-order valence-electron chi connectivity index (χ2n) is 4.44. The van der Waals surface area contributed by atoms with Gasteiger partial charge in [-0.15, -0.1) is 13.2 Å². The number of Topliss-reactive ketones (excluding diaryl/α,β-unsaturated/α-hetero) is 1. The Hall–Kier alpha value is -2.05. The van der Waals surface area contributed by atoms with Crippen LogP contribution in [0.1, 0.15) is 23.2 Å². The first-order valence-electron chi connectivity index (χ1n) is 6.02. The van der Waals surface area contributed by atoms with Gasteiger partial charge in [-0.25, -0.2) is 0 Å². The number of carbonyl (C=O) groups is 2. The lowest BCUT2D eigenvalue weighted by Crippen LogP contribution is -2.40. The van der Waals surface area contributed by atoms with Crippen molar-refractivity contribution in [3.8, 4) is 5.75 Å². The number of ether oxygens (including phenoxy) is 1. The highest BCUT2D eigenvalue weighted by atomic mass is 19.4. The van der Waals surface area contributed by atoms with Crippen molar-refractivity contribution >= 4 is 11.7 Å². The molecule has 0 atom stereocenters. The van der Waals surface area contributed by atoms with Gasteiger partial charge in [-0.05, 0) is 30.7 Å². The molecule has 0 aromatic heterocycles. The van der Waals surface area contributed by atoms with Crippen LogP contribution in [0, 0.1) is 0 Å². The third-order valence-corrected chi connectivity index (χ3v) is 2.87. The zero-order valence-electron chi connectivity index (χ0n) is 10.4. The van der Waals surface area contributed by atoms with Gasteiger partial charge < -0.3 is 9.64 Å². The van der Waals surface area contributed by atoms with Crippen LogP contribution in [-0.2, 0) is 4.79 Å². The van der Waals surface area contributed by atoms with E-state index in [1.54, 1.807) is 0 Å². The molecule has 1 aliphatic heterocycles. The number of alkyl halides is 3. The molecule has 1 fully saturated rings. The summed E-state index contributed by atoms with van der Waals surface area (Å²) >= 11 is 0. The molecule has 1 amide bonds. The van der Waals surface area contributed by atoms with E-state index in [0.29, 0.717) is 19.4 Å². The minimum absolute atomic E-state index is 0.0124. The van der Waals surface area contributed by atoms with Crippen molar-refractivity contribution in [1.29, 1.82) is 0 Å². The summed E-state index contributed by atoms with van der Waals surface area (Å²) in [6, 6.07) is 4.66. The number of ketones is 1. The molecule has 0 aliphatic carbocycles. The van der Waals surface area contributed by atoms with Crippen molar-refractivity contribution in [2.45, 2.75) is 19.2 Å². The second-order valence-corrected chi connectivity index (χ2v) is 4.44. The number of rotatable bonds is 2. The summed E-state index contributed by atoms with van der Waals surface area (Å²) in [5, 5.41) is 0. The first-order valence-corrected chi connectivity index (χ1v) is 6.02. The summed E-state index contributed by atoms with van der Waals surface area (Å²) in [4.78, 5) is 24.7. The molecule has 1 aromatic rings. The summed E-state index contributed by atoms with van der Waals surface area (Å²) in [5.41, 5.74) is 0.231. The number of likely N-dealkylation sites (tertiary alicyclic amines) is 1. The van der Waals surface area contributed by atoms with Gasteiger partial charge in [0.15, 0.2) is 5.78 Å². The smallest absolute Gasteiger partial charge is 0.406 e. The van der Waals surface area contributed by atoms with Crippen LogP contribution in [0.25, 0.3) is 0 Å². The Balaban J connectivity index is 2.05. The van der Waals surface area contributed by atoms with Crippen molar-refractivity contribution < 1.29 is 27.5 Å². The van der Waals surface area contributed by atoms with Gasteiger partial charge in [-0.3, -0.25) is 9.59 Å². The molecule has 0 spiro atoms. The lowest BCUT2D eigenvalue weighted by molar-refractivity contribution is -0.274. The van der Waals surface area contributed by atoms with Gasteiger partial charge in [-0.2, -0.15) is 0 Å². The molecule has 108 valence electrons. The van der Waals surface area contributed by atoms with Gasteiger partial charge in [-0.1, -0.05) is 0 Å². The molecule has 0 N–H and O–H groups in total. The molecule has 0 bridgehead atoms. The van der Waals surface area contributed by atoms with Crippen LogP contribution in [0.2, 0.25) is 0 Å². The number of halogens is 3. The fourth-order valence-corrected chi connectivity index (χ4v) is 1.99. The van der Waals surface area contributed by atoms with Crippen molar-refractivity contribution in [2.24, 2.45) is 0 Å². The van der Waals surface area contributed by atoms with Crippen molar-refractivity contribution in [1.82, 2.24) is 4.90 Å². The topological polar surface area (TPSA) is 46.6 Å². The molecule has 4 nitrogen and oxygen atoms in total. The fraction of sp³-hybridized carbons (Fsp3) is 0.385. The summed E-state index contributed by atoms with van der Waals surface area (Å²) < 4.78 is 39.7. The average molecular weight is 287 g/mol. The quantitative estimate of drug-likeness (QED) is 0.839. The van der Waals surface area contributed by atoms with Gasteiger partial charge in [0.25, 0.3) is 5.91 Å². The number of piperidine rings is 1. The van der Waals surface area contributed by atoms with Crippen molar-refractivity contribution in [3.63, 3.8) is 0 Å². The van der Waals surface area contributed by atoms with Crippen molar-refractivity contribution in [3.05, 3.63) is 29.8 Å². The van der Waals surface area contributed by atoms with E-state index in [2.05, 4.69) is 4.74 Å². The number of carbonyl (C=O) groups excluding carboxylic acids is 2. The Morgan fingerprint density at radius 2 is 1.85 bits per heavy atom. The Labute approximate surface area is 113 Å². The summed E-state index contributed by atoms with van der Waals surface area (Å²) in [5.74, 6) is -0.762. The number of nitrogens with zero attached hydrogens (tertiary/aromatic N) is 1. The molecule has 0 saturated carbocycles. The minimum atomic E-state index is -4.76. The fourth-order valence-electron chi connectivity index (χ4n) is 1.99. The van der Waals surface area contributed by atoms with Crippen LogP contribution >= 0.6 is 0 Å². The van der Waals surface area contributed by atoms with E-state index in [0.717, 1.165) is 12.1 Å². The van der Waals surface area contributed by atoms with E-state index in [1.807, 2.05) is 0 Å². The SMILES string of the molecule is O=C1CCCN(C(=O)c2ccc(OC(F)(F)F)cc2)C1. The molecule has 0 radical (unpaired) electrons. The molecule has 1 aliphatic rings. The monoisotopic (exact) mass is 287 g/mol. The standard InChI is InChI=1S/C13H12F3NO3/c14-13(15,16)20-11-5-3-9(4-6-11)12(19)17-7-1-2-10(18)8-17/h3-6H,1-2,7-8H2. The predicted molar refractivity (Wildman–Crippen MR) is 63.3 cm³/mol. The Kier molecular flexibility index (Phi) is 3.96. The molecular weight excluding hydrogens is 275 g/mol. The lowest BCUT2D eigenvalue weighted by Gasteiger charge is -2.25. The van der Waals surface area contributed by atoms with E-state index in [1.165, 1.54) is 17.0 Å². The number of amides is 1. The van der Waals surface area contributed by atoms with Gasteiger partial charge >= 0.3 is 6.36 Å². The summed E-state index contributed by atoms with van der Waals surface area (Å²) in [6.45, 7) is 0.533. The van der Waals surface area contributed by atoms with Gasteiger partial charge in [0.1, 0.15) is 5.75 Å².